The highest BCUT2D eigenvalue weighted by Crippen LogP contribution is 2.27. The topological polar surface area (TPSA) is 55.6 Å². The summed E-state index contributed by atoms with van der Waals surface area (Å²) in [5, 5.41) is 11.7. The summed E-state index contributed by atoms with van der Waals surface area (Å²) in [6.07, 6.45) is 8.35. The molecule has 0 unspecified atom stereocenters. The quantitative estimate of drug-likeness (QED) is 0.884. The lowest BCUT2D eigenvalue weighted by molar-refractivity contribution is 0.626. The van der Waals surface area contributed by atoms with Gasteiger partial charge in [0.2, 0.25) is 0 Å². The maximum absolute atomic E-state index is 4.17. The lowest BCUT2D eigenvalue weighted by Crippen LogP contribution is -2.16. The molecule has 0 atom stereocenters. The average molecular weight is 322 g/mol. The second-order valence-electron chi connectivity index (χ2n) is 4.99. The van der Waals surface area contributed by atoms with Crippen LogP contribution >= 0.6 is 15.9 Å². The summed E-state index contributed by atoms with van der Waals surface area (Å²) in [5.74, 6) is 0.891. The van der Waals surface area contributed by atoms with E-state index in [-0.39, 0.29) is 0 Å². The van der Waals surface area contributed by atoms with Gasteiger partial charge in [0.1, 0.15) is 0 Å². The molecule has 0 amide bonds. The Kier molecular flexibility index (Phi) is 3.89. The molecule has 1 N–H and O–H groups in total. The number of hydrogen-bond acceptors (Lipinski definition) is 4. The minimum Gasteiger partial charge on any atom is -0.311 e. The summed E-state index contributed by atoms with van der Waals surface area (Å²) in [5.41, 5.74) is 2.10. The lowest BCUT2D eigenvalue weighted by Gasteiger charge is -2.01. The third-order valence-corrected chi connectivity index (χ3v) is 3.56. The summed E-state index contributed by atoms with van der Waals surface area (Å²) in [6, 6.07) is 2.04. The third kappa shape index (κ3) is 3.84. The smallest absolute Gasteiger partial charge is 0.0964 e. The van der Waals surface area contributed by atoms with Crippen LogP contribution in [0.4, 0.5) is 0 Å². The van der Waals surface area contributed by atoms with E-state index in [2.05, 4.69) is 36.5 Å². The Morgan fingerprint density at radius 1 is 1.37 bits per heavy atom. The number of nitrogens with one attached hydrogen (secondary N) is 1. The van der Waals surface area contributed by atoms with Crippen LogP contribution in [-0.2, 0) is 13.1 Å². The molecule has 0 aromatic carbocycles. The molecule has 2 heterocycles. The zero-order chi connectivity index (χ0) is 13.1. The highest BCUT2D eigenvalue weighted by Gasteiger charge is 2.20. The van der Waals surface area contributed by atoms with Gasteiger partial charge in [-0.1, -0.05) is 5.21 Å². The van der Waals surface area contributed by atoms with E-state index < -0.39 is 0 Å². The van der Waals surface area contributed by atoms with Crippen molar-refractivity contribution in [3.8, 4) is 0 Å². The molecule has 0 spiro atoms. The Morgan fingerprint density at radius 3 is 3.05 bits per heavy atom. The van der Waals surface area contributed by atoms with Gasteiger partial charge in [0.25, 0.3) is 0 Å². The highest BCUT2D eigenvalue weighted by atomic mass is 79.9. The van der Waals surface area contributed by atoms with Gasteiger partial charge in [-0.2, -0.15) is 0 Å². The largest absolute Gasteiger partial charge is 0.311 e. The van der Waals surface area contributed by atoms with Crippen LogP contribution in [0.25, 0.3) is 0 Å². The third-order valence-electron chi connectivity index (χ3n) is 3.13. The molecule has 19 heavy (non-hydrogen) atoms. The van der Waals surface area contributed by atoms with Crippen LogP contribution in [0.5, 0.6) is 0 Å². The number of halogens is 1. The van der Waals surface area contributed by atoms with Crippen molar-refractivity contribution in [2.75, 3.05) is 6.54 Å². The van der Waals surface area contributed by atoms with E-state index in [9.17, 15) is 0 Å². The molecule has 5 nitrogen and oxygen atoms in total. The van der Waals surface area contributed by atoms with E-state index in [4.69, 9.17) is 0 Å². The molecule has 0 aliphatic heterocycles. The predicted molar refractivity (Wildman–Crippen MR) is 75.5 cm³/mol. The Hall–Kier alpha value is -1.27. The van der Waals surface area contributed by atoms with E-state index in [0.717, 1.165) is 34.7 Å². The second-order valence-corrected chi connectivity index (χ2v) is 5.91. The number of hydrogen-bond donors (Lipinski definition) is 1. The van der Waals surface area contributed by atoms with Crippen LogP contribution in [0.1, 0.15) is 24.1 Å². The van der Waals surface area contributed by atoms with Crippen molar-refractivity contribution in [1.82, 2.24) is 25.3 Å². The van der Waals surface area contributed by atoms with Crippen molar-refractivity contribution in [3.05, 3.63) is 40.4 Å². The first-order chi connectivity index (χ1) is 9.29. The maximum atomic E-state index is 4.17. The van der Waals surface area contributed by atoms with Crippen molar-refractivity contribution >= 4 is 15.9 Å². The Balaban J connectivity index is 1.54. The zero-order valence-electron chi connectivity index (χ0n) is 10.6. The van der Waals surface area contributed by atoms with E-state index in [1.165, 1.54) is 12.8 Å². The van der Waals surface area contributed by atoms with Gasteiger partial charge in [-0.05, 0) is 52.9 Å². The van der Waals surface area contributed by atoms with Crippen molar-refractivity contribution in [2.45, 2.75) is 25.9 Å². The molecule has 1 aliphatic carbocycles. The number of nitrogens with zero attached hydrogens (tertiary/aromatic N) is 4. The molecule has 100 valence electrons. The lowest BCUT2D eigenvalue weighted by atomic mass is 10.3. The van der Waals surface area contributed by atoms with Crippen LogP contribution in [0.2, 0.25) is 0 Å². The Morgan fingerprint density at radius 2 is 2.26 bits per heavy atom. The molecule has 1 fully saturated rings. The van der Waals surface area contributed by atoms with Gasteiger partial charge in [-0.3, -0.25) is 4.98 Å². The van der Waals surface area contributed by atoms with Crippen LogP contribution in [0, 0.1) is 5.92 Å². The van der Waals surface area contributed by atoms with Crippen LogP contribution < -0.4 is 5.32 Å². The summed E-state index contributed by atoms with van der Waals surface area (Å²) < 4.78 is 2.83. The minimum absolute atomic E-state index is 0.696. The van der Waals surface area contributed by atoms with Crippen molar-refractivity contribution < 1.29 is 0 Å². The molecule has 0 bridgehead atoms. The van der Waals surface area contributed by atoms with Gasteiger partial charge in [-0.15, -0.1) is 5.10 Å². The number of pyridine rings is 1. The van der Waals surface area contributed by atoms with E-state index in [1.54, 1.807) is 6.20 Å². The molecule has 1 aliphatic rings. The molecule has 6 heteroatoms. The van der Waals surface area contributed by atoms with Gasteiger partial charge in [0.05, 0.1) is 18.4 Å². The van der Waals surface area contributed by atoms with Crippen molar-refractivity contribution in [1.29, 1.82) is 0 Å². The van der Waals surface area contributed by atoms with Gasteiger partial charge >= 0.3 is 0 Å². The fourth-order valence-corrected chi connectivity index (χ4v) is 2.36. The second kappa shape index (κ2) is 5.79. The number of aromatic nitrogens is 4. The standard InChI is InChI=1S/C13H16BrN5/c14-12-3-11(5-15-6-12)8-19-9-13(17-18-19)7-16-4-10-1-2-10/h3,5-6,9-10,16H,1-2,4,7-8H2. The maximum Gasteiger partial charge on any atom is 0.0964 e. The SMILES string of the molecule is Brc1cncc(Cn2cc(CNCC3CC3)nn2)c1. The van der Waals surface area contributed by atoms with Gasteiger partial charge in [-0.25, -0.2) is 4.68 Å². The van der Waals surface area contributed by atoms with Crippen molar-refractivity contribution in [3.63, 3.8) is 0 Å². The van der Waals surface area contributed by atoms with E-state index in [0.29, 0.717) is 6.54 Å². The normalized spacial score (nSPS) is 14.8. The van der Waals surface area contributed by atoms with Gasteiger partial charge in [0, 0.05) is 23.4 Å². The highest BCUT2D eigenvalue weighted by molar-refractivity contribution is 9.10. The van der Waals surface area contributed by atoms with Gasteiger partial charge < -0.3 is 5.32 Å². The first-order valence-electron chi connectivity index (χ1n) is 6.49. The fourth-order valence-electron chi connectivity index (χ4n) is 1.95. The molecule has 0 saturated heterocycles. The number of rotatable bonds is 6. The summed E-state index contributed by atoms with van der Waals surface area (Å²) in [6.45, 7) is 2.59. The first-order valence-corrected chi connectivity index (χ1v) is 7.28. The first kappa shape index (κ1) is 12.7. The minimum atomic E-state index is 0.696. The fraction of sp³-hybridized carbons (Fsp3) is 0.462. The summed E-state index contributed by atoms with van der Waals surface area (Å²) in [7, 11) is 0. The summed E-state index contributed by atoms with van der Waals surface area (Å²) >= 11 is 3.42. The van der Waals surface area contributed by atoms with Crippen LogP contribution in [-0.4, -0.2) is 26.5 Å². The molecular formula is C13H16BrN5. The molecule has 3 rings (SSSR count). The molecule has 1 saturated carbocycles. The van der Waals surface area contributed by atoms with E-state index in [1.807, 2.05) is 23.1 Å². The zero-order valence-corrected chi connectivity index (χ0v) is 12.2. The Bertz CT molecular complexity index is 549. The Labute approximate surface area is 120 Å². The van der Waals surface area contributed by atoms with Gasteiger partial charge in [0.15, 0.2) is 0 Å². The predicted octanol–water partition coefficient (Wildman–Crippen LogP) is 1.98. The van der Waals surface area contributed by atoms with Crippen LogP contribution in [0.15, 0.2) is 29.1 Å². The molecule has 0 radical (unpaired) electrons. The van der Waals surface area contributed by atoms with E-state index >= 15 is 0 Å². The molecule has 2 aromatic heterocycles. The van der Waals surface area contributed by atoms with Crippen molar-refractivity contribution in [2.24, 2.45) is 5.92 Å². The summed E-state index contributed by atoms with van der Waals surface area (Å²) in [4.78, 5) is 4.14. The monoisotopic (exact) mass is 321 g/mol. The average Bonchev–Trinajstić information content (AvgIpc) is 3.10. The molecular weight excluding hydrogens is 306 g/mol. The molecule has 2 aromatic rings. The van der Waals surface area contributed by atoms with Crippen LogP contribution in [0.3, 0.4) is 0 Å².